The summed E-state index contributed by atoms with van der Waals surface area (Å²) in [4.78, 5) is 22.8. The second-order valence-corrected chi connectivity index (χ2v) is 5.18. The predicted octanol–water partition coefficient (Wildman–Crippen LogP) is 2.54. The Morgan fingerprint density at radius 1 is 1.17 bits per heavy atom. The van der Waals surface area contributed by atoms with Gasteiger partial charge in [0.05, 0.1) is 0 Å². The fourth-order valence-corrected chi connectivity index (χ4v) is 2.01. The summed E-state index contributed by atoms with van der Waals surface area (Å²) >= 11 is 0. The number of aromatic nitrogens is 3. The lowest BCUT2D eigenvalue weighted by molar-refractivity contribution is -0.114. The molecule has 0 radical (unpaired) electrons. The molecule has 2 N–H and O–H groups in total. The van der Waals surface area contributed by atoms with Gasteiger partial charge in [-0.05, 0) is 37.5 Å². The van der Waals surface area contributed by atoms with Gasteiger partial charge >= 0.3 is 0 Å². The molecule has 2 aromatic rings. The standard InChI is InChI=1S/C15H17F2N5O/c1-9(3-4-11-5-12(16)7-13(17)6-11)20-14-18-8-19-15(22-14)21-10(2)23/h5-9H,3-4H2,1-2H3,(H2,18,19,20,21,22,23). The van der Waals surface area contributed by atoms with Crippen LogP contribution in [0.15, 0.2) is 24.5 Å². The van der Waals surface area contributed by atoms with Crippen LogP contribution in [0, 0.1) is 11.6 Å². The van der Waals surface area contributed by atoms with Crippen LogP contribution >= 0.6 is 0 Å². The Hall–Kier alpha value is -2.64. The number of halogens is 2. The van der Waals surface area contributed by atoms with Gasteiger partial charge in [-0.2, -0.15) is 4.98 Å². The Morgan fingerprint density at radius 3 is 2.48 bits per heavy atom. The van der Waals surface area contributed by atoms with Crippen molar-refractivity contribution in [3.63, 3.8) is 0 Å². The van der Waals surface area contributed by atoms with Gasteiger partial charge in [0.2, 0.25) is 17.8 Å². The molecule has 122 valence electrons. The minimum Gasteiger partial charge on any atom is -0.352 e. The number of anilines is 2. The molecule has 1 unspecified atom stereocenters. The summed E-state index contributed by atoms with van der Waals surface area (Å²) < 4.78 is 26.3. The Kier molecular flexibility index (Phi) is 5.51. The number of aryl methyl sites for hydroxylation is 1. The van der Waals surface area contributed by atoms with Gasteiger partial charge in [0, 0.05) is 19.0 Å². The molecule has 0 saturated carbocycles. The molecule has 6 nitrogen and oxygen atoms in total. The summed E-state index contributed by atoms with van der Waals surface area (Å²) in [5.74, 6) is -0.963. The monoisotopic (exact) mass is 321 g/mol. The summed E-state index contributed by atoms with van der Waals surface area (Å²) in [5.41, 5.74) is 0.589. The van der Waals surface area contributed by atoms with Gasteiger partial charge < -0.3 is 5.32 Å². The quantitative estimate of drug-likeness (QED) is 0.855. The molecule has 1 heterocycles. The maximum Gasteiger partial charge on any atom is 0.234 e. The normalized spacial score (nSPS) is 11.8. The van der Waals surface area contributed by atoms with E-state index in [1.807, 2.05) is 6.92 Å². The van der Waals surface area contributed by atoms with E-state index in [0.717, 1.165) is 6.07 Å². The van der Waals surface area contributed by atoms with E-state index in [0.29, 0.717) is 24.4 Å². The fourth-order valence-electron chi connectivity index (χ4n) is 2.01. The minimum absolute atomic E-state index is 0.0334. The first-order chi connectivity index (χ1) is 10.9. The molecule has 2 rings (SSSR count). The van der Waals surface area contributed by atoms with E-state index in [4.69, 9.17) is 0 Å². The summed E-state index contributed by atoms with van der Waals surface area (Å²) in [7, 11) is 0. The molecule has 1 amide bonds. The highest BCUT2D eigenvalue weighted by molar-refractivity contribution is 5.86. The van der Waals surface area contributed by atoms with Crippen LogP contribution in [0.2, 0.25) is 0 Å². The lowest BCUT2D eigenvalue weighted by atomic mass is 10.1. The maximum atomic E-state index is 13.1. The molecule has 23 heavy (non-hydrogen) atoms. The molecule has 8 heteroatoms. The first-order valence-electron chi connectivity index (χ1n) is 7.10. The Balaban J connectivity index is 1.91. The average molecular weight is 321 g/mol. The van der Waals surface area contributed by atoms with Crippen LogP contribution in [0.25, 0.3) is 0 Å². The van der Waals surface area contributed by atoms with Crippen LogP contribution in [0.1, 0.15) is 25.8 Å². The third kappa shape index (κ3) is 5.57. The van der Waals surface area contributed by atoms with E-state index in [2.05, 4.69) is 25.6 Å². The van der Waals surface area contributed by atoms with Crippen molar-refractivity contribution < 1.29 is 13.6 Å². The number of hydrogen-bond donors (Lipinski definition) is 2. The van der Waals surface area contributed by atoms with E-state index in [-0.39, 0.29) is 17.9 Å². The predicted molar refractivity (Wildman–Crippen MR) is 81.9 cm³/mol. The number of carbonyl (C=O) groups excluding carboxylic acids is 1. The lowest BCUT2D eigenvalue weighted by Gasteiger charge is -2.14. The summed E-state index contributed by atoms with van der Waals surface area (Å²) in [5, 5.41) is 5.52. The van der Waals surface area contributed by atoms with Crippen molar-refractivity contribution in [2.45, 2.75) is 32.7 Å². The van der Waals surface area contributed by atoms with Crippen molar-refractivity contribution in [2.24, 2.45) is 0 Å². The van der Waals surface area contributed by atoms with Crippen LogP contribution in [0.5, 0.6) is 0 Å². The molecule has 0 aliphatic rings. The van der Waals surface area contributed by atoms with Crippen LogP contribution < -0.4 is 10.6 Å². The van der Waals surface area contributed by atoms with Crippen molar-refractivity contribution >= 4 is 17.8 Å². The van der Waals surface area contributed by atoms with Gasteiger partial charge in [-0.25, -0.2) is 18.7 Å². The second-order valence-electron chi connectivity index (χ2n) is 5.18. The molecule has 1 aromatic heterocycles. The molecule has 1 atom stereocenters. The van der Waals surface area contributed by atoms with E-state index in [9.17, 15) is 13.6 Å². The van der Waals surface area contributed by atoms with Crippen LogP contribution in [0.4, 0.5) is 20.7 Å². The van der Waals surface area contributed by atoms with Crippen LogP contribution in [-0.2, 0) is 11.2 Å². The highest BCUT2D eigenvalue weighted by Crippen LogP contribution is 2.12. The van der Waals surface area contributed by atoms with Crippen LogP contribution in [0.3, 0.4) is 0 Å². The molecule has 0 aliphatic heterocycles. The van der Waals surface area contributed by atoms with E-state index < -0.39 is 11.6 Å². The third-order valence-corrected chi connectivity index (χ3v) is 3.02. The number of hydrogen-bond acceptors (Lipinski definition) is 5. The van der Waals surface area contributed by atoms with Gasteiger partial charge in [-0.1, -0.05) is 0 Å². The van der Waals surface area contributed by atoms with Gasteiger partial charge in [0.25, 0.3) is 0 Å². The molecule has 0 bridgehead atoms. The number of nitrogens with zero attached hydrogens (tertiary/aromatic N) is 3. The van der Waals surface area contributed by atoms with Crippen molar-refractivity contribution in [3.8, 4) is 0 Å². The zero-order chi connectivity index (χ0) is 16.8. The highest BCUT2D eigenvalue weighted by atomic mass is 19.1. The SMILES string of the molecule is CC(=O)Nc1ncnc(NC(C)CCc2cc(F)cc(F)c2)n1. The zero-order valence-electron chi connectivity index (χ0n) is 12.8. The topological polar surface area (TPSA) is 79.8 Å². The number of carbonyl (C=O) groups is 1. The summed E-state index contributed by atoms with van der Waals surface area (Å²) in [6, 6.07) is 3.44. The van der Waals surface area contributed by atoms with Crippen molar-refractivity contribution in [1.29, 1.82) is 0 Å². The van der Waals surface area contributed by atoms with Gasteiger partial charge in [-0.15, -0.1) is 0 Å². The number of benzene rings is 1. The Bertz CT molecular complexity index is 675. The smallest absolute Gasteiger partial charge is 0.234 e. The van der Waals surface area contributed by atoms with Crippen LogP contribution in [-0.4, -0.2) is 26.9 Å². The third-order valence-electron chi connectivity index (χ3n) is 3.02. The van der Waals surface area contributed by atoms with E-state index in [1.54, 1.807) is 0 Å². The molecule has 0 fully saturated rings. The van der Waals surface area contributed by atoms with Crippen molar-refractivity contribution in [1.82, 2.24) is 15.0 Å². The molecule has 0 saturated heterocycles. The minimum atomic E-state index is -0.585. The van der Waals surface area contributed by atoms with E-state index >= 15 is 0 Å². The maximum absolute atomic E-state index is 13.1. The van der Waals surface area contributed by atoms with Crippen molar-refractivity contribution in [2.75, 3.05) is 10.6 Å². The summed E-state index contributed by atoms with van der Waals surface area (Å²) in [6.07, 6.45) is 2.42. The van der Waals surface area contributed by atoms with Crippen molar-refractivity contribution in [3.05, 3.63) is 41.7 Å². The second kappa shape index (κ2) is 7.57. The first-order valence-corrected chi connectivity index (χ1v) is 7.10. The Morgan fingerprint density at radius 2 is 1.83 bits per heavy atom. The summed E-state index contributed by atoms with van der Waals surface area (Å²) in [6.45, 7) is 3.26. The van der Waals surface area contributed by atoms with Gasteiger partial charge in [-0.3, -0.25) is 10.1 Å². The molecule has 0 aliphatic carbocycles. The Labute approximate surface area is 132 Å². The molecular weight excluding hydrogens is 304 g/mol. The fraction of sp³-hybridized carbons (Fsp3) is 0.333. The number of rotatable bonds is 6. The number of amides is 1. The van der Waals surface area contributed by atoms with E-state index in [1.165, 1.54) is 25.4 Å². The average Bonchev–Trinajstić information content (AvgIpc) is 2.44. The molecular formula is C15H17F2N5O. The molecule has 0 spiro atoms. The highest BCUT2D eigenvalue weighted by Gasteiger charge is 2.08. The molecule has 1 aromatic carbocycles. The lowest BCUT2D eigenvalue weighted by Crippen LogP contribution is -2.19. The number of nitrogens with one attached hydrogen (secondary N) is 2. The zero-order valence-corrected chi connectivity index (χ0v) is 12.8. The van der Waals surface area contributed by atoms with Gasteiger partial charge in [0.15, 0.2) is 0 Å². The largest absolute Gasteiger partial charge is 0.352 e. The van der Waals surface area contributed by atoms with Gasteiger partial charge in [0.1, 0.15) is 18.0 Å². The first kappa shape index (κ1) is 16.7.